The summed E-state index contributed by atoms with van der Waals surface area (Å²) in [4.78, 5) is 28.2. The summed E-state index contributed by atoms with van der Waals surface area (Å²) < 4.78 is 17.6. The fourth-order valence-corrected chi connectivity index (χ4v) is 2.58. The number of ether oxygens (including phenoxy) is 1. The number of urea groups is 1. The average Bonchev–Trinajstić information content (AvgIpc) is 2.82. The van der Waals surface area contributed by atoms with Gasteiger partial charge in [-0.1, -0.05) is 11.3 Å². The van der Waals surface area contributed by atoms with E-state index < -0.39 is 6.03 Å². The molecule has 0 saturated heterocycles. The zero-order chi connectivity index (χ0) is 16.1. The van der Waals surface area contributed by atoms with E-state index in [9.17, 15) is 14.0 Å². The van der Waals surface area contributed by atoms with Gasteiger partial charge in [0.25, 0.3) is 0 Å². The predicted molar refractivity (Wildman–Crippen MR) is 82.1 cm³/mol. The fourth-order valence-electron chi connectivity index (χ4n) is 1.70. The highest BCUT2D eigenvalue weighted by Gasteiger charge is 2.16. The maximum absolute atomic E-state index is 12.8. The molecule has 22 heavy (non-hydrogen) atoms. The second-order valence-electron chi connectivity index (χ2n) is 4.38. The number of benzene rings is 1. The zero-order valence-corrected chi connectivity index (χ0v) is 12.8. The van der Waals surface area contributed by atoms with E-state index >= 15 is 0 Å². The number of carbonyl (C=O) groups is 2. The summed E-state index contributed by atoms with van der Waals surface area (Å²) in [5, 5.41) is 5.38. The van der Waals surface area contributed by atoms with Crippen molar-refractivity contribution in [3.05, 3.63) is 40.7 Å². The zero-order valence-electron chi connectivity index (χ0n) is 12.0. The number of halogens is 1. The Hall–Kier alpha value is -2.32. The van der Waals surface area contributed by atoms with Crippen LogP contribution in [-0.4, -0.2) is 30.5 Å². The summed E-state index contributed by atoms with van der Waals surface area (Å²) in [6, 6.07) is 4.84. The molecule has 0 unspecified atom stereocenters. The van der Waals surface area contributed by atoms with Crippen molar-refractivity contribution < 1.29 is 18.7 Å². The molecule has 0 aliphatic carbocycles. The van der Waals surface area contributed by atoms with Crippen LogP contribution in [0.25, 0.3) is 0 Å². The van der Waals surface area contributed by atoms with Crippen molar-refractivity contribution >= 4 is 34.0 Å². The van der Waals surface area contributed by atoms with E-state index in [0.29, 0.717) is 21.4 Å². The largest absolute Gasteiger partial charge is 0.376 e. The summed E-state index contributed by atoms with van der Waals surface area (Å²) in [7, 11) is 1.43. The maximum atomic E-state index is 12.8. The first-order chi connectivity index (χ1) is 10.5. The van der Waals surface area contributed by atoms with Crippen LogP contribution in [0.15, 0.2) is 24.3 Å². The summed E-state index contributed by atoms with van der Waals surface area (Å²) in [6.07, 6.45) is 0. The van der Waals surface area contributed by atoms with E-state index in [1.807, 2.05) is 0 Å². The molecule has 0 saturated carbocycles. The number of anilines is 2. The van der Waals surface area contributed by atoms with E-state index in [4.69, 9.17) is 4.74 Å². The van der Waals surface area contributed by atoms with Crippen LogP contribution in [0, 0.1) is 12.7 Å². The number of ketones is 1. The number of methoxy groups -OCH3 is 1. The van der Waals surface area contributed by atoms with Gasteiger partial charge in [0.2, 0.25) is 0 Å². The number of nitrogens with one attached hydrogen (secondary N) is 2. The standard InChI is InChI=1S/C14H14FN3O3S/c1-8-12(11(19)7-21-2)22-14(16-8)18-13(20)17-10-5-3-9(15)4-6-10/h3-6H,7H2,1-2H3,(H2,16,17,18,20). The van der Waals surface area contributed by atoms with Crippen molar-refractivity contribution in [2.24, 2.45) is 0 Å². The van der Waals surface area contributed by atoms with Crippen molar-refractivity contribution in [1.29, 1.82) is 0 Å². The molecule has 0 atom stereocenters. The summed E-state index contributed by atoms with van der Waals surface area (Å²) >= 11 is 1.08. The molecule has 2 N–H and O–H groups in total. The van der Waals surface area contributed by atoms with Crippen molar-refractivity contribution in [1.82, 2.24) is 4.98 Å². The molecule has 1 aromatic heterocycles. The van der Waals surface area contributed by atoms with Gasteiger partial charge < -0.3 is 10.1 Å². The number of aryl methyl sites for hydroxylation is 1. The van der Waals surface area contributed by atoms with E-state index in [0.717, 1.165) is 11.3 Å². The molecule has 0 radical (unpaired) electrons. The van der Waals surface area contributed by atoms with Crippen LogP contribution in [0.1, 0.15) is 15.4 Å². The summed E-state index contributed by atoms with van der Waals surface area (Å²) in [6.45, 7) is 1.65. The Bertz CT molecular complexity index is 685. The molecule has 0 aliphatic heterocycles. The third-order valence-corrected chi connectivity index (χ3v) is 3.76. The molecule has 0 bridgehead atoms. The first kappa shape index (κ1) is 16.1. The van der Waals surface area contributed by atoms with Crippen LogP contribution in [-0.2, 0) is 4.74 Å². The number of carbonyl (C=O) groups excluding carboxylic acids is 2. The molecule has 0 spiro atoms. The lowest BCUT2D eigenvalue weighted by Crippen LogP contribution is -2.19. The molecule has 6 nitrogen and oxygen atoms in total. The number of Topliss-reactive ketones (excluding diaryl/α,β-unsaturated/α-hetero) is 1. The lowest BCUT2D eigenvalue weighted by atomic mass is 10.3. The first-order valence-electron chi connectivity index (χ1n) is 6.32. The SMILES string of the molecule is COCC(=O)c1sc(NC(=O)Nc2ccc(F)cc2)nc1C. The minimum atomic E-state index is -0.522. The molecule has 0 fully saturated rings. The van der Waals surface area contributed by atoms with E-state index in [1.54, 1.807) is 6.92 Å². The third kappa shape index (κ3) is 4.09. The molecule has 0 aliphatic rings. The number of hydrogen-bond acceptors (Lipinski definition) is 5. The van der Waals surface area contributed by atoms with Gasteiger partial charge in [-0.05, 0) is 31.2 Å². The van der Waals surface area contributed by atoms with Crippen molar-refractivity contribution in [2.45, 2.75) is 6.92 Å². The van der Waals surface area contributed by atoms with Gasteiger partial charge in [-0.3, -0.25) is 10.1 Å². The van der Waals surface area contributed by atoms with Gasteiger partial charge in [0.05, 0.1) is 10.6 Å². The van der Waals surface area contributed by atoms with Gasteiger partial charge >= 0.3 is 6.03 Å². The van der Waals surface area contributed by atoms with Crippen LogP contribution in [0.4, 0.5) is 20.0 Å². The molecule has 2 amide bonds. The van der Waals surface area contributed by atoms with Gasteiger partial charge in [-0.25, -0.2) is 14.2 Å². The van der Waals surface area contributed by atoms with E-state index in [2.05, 4.69) is 15.6 Å². The van der Waals surface area contributed by atoms with E-state index in [-0.39, 0.29) is 18.2 Å². The highest BCUT2D eigenvalue weighted by Crippen LogP contribution is 2.23. The quantitative estimate of drug-likeness (QED) is 0.829. The van der Waals surface area contributed by atoms with Gasteiger partial charge in [-0.2, -0.15) is 0 Å². The molecule has 1 aromatic carbocycles. The molecule has 1 heterocycles. The third-order valence-electron chi connectivity index (χ3n) is 2.65. The second kappa shape index (κ2) is 7.10. The maximum Gasteiger partial charge on any atom is 0.325 e. The Kier molecular flexibility index (Phi) is 5.18. The number of hydrogen-bond donors (Lipinski definition) is 2. The number of amides is 2. The Morgan fingerprint density at radius 1 is 1.27 bits per heavy atom. The van der Waals surface area contributed by atoms with Crippen molar-refractivity contribution in [3.8, 4) is 0 Å². The predicted octanol–water partition coefficient (Wildman–Crippen LogP) is 3.06. The van der Waals surface area contributed by atoms with Crippen LogP contribution in [0.3, 0.4) is 0 Å². The Labute approximate surface area is 130 Å². The summed E-state index contributed by atoms with van der Waals surface area (Å²) in [5.41, 5.74) is 0.979. The Morgan fingerprint density at radius 2 is 1.95 bits per heavy atom. The van der Waals surface area contributed by atoms with E-state index in [1.165, 1.54) is 31.4 Å². The highest BCUT2D eigenvalue weighted by molar-refractivity contribution is 7.17. The molecular weight excluding hydrogens is 309 g/mol. The van der Waals surface area contributed by atoms with Gasteiger partial charge in [0.1, 0.15) is 12.4 Å². The fraction of sp³-hybridized carbons (Fsp3) is 0.214. The normalized spacial score (nSPS) is 10.3. The molecule has 2 rings (SSSR count). The van der Waals surface area contributed by atoms with Crippen LogP contribution >= 0.6 is 11.3 Å². The molecule has 2 aromatic rings. The monoisotopic (exact) mass is 323 g/mol. The number of nitrogens with zero attached hydrogens (tertiary/aromatic N) is 1. The second-order valence-corrected chi connectivity index (χ2v) is 5.37. The van der Waals surface area contributed by atoms with Crippen molar-refractivity contribution in [3.63, 3.8) is 0 Å². The molecule has 116 valence electrons. The Balaban J connectivity index is 2.01. The lowest BCUT2D eigenvalue weighted by molar-refractivity contribution is 0.0851. The smallest absolute Gasteiger partial charge is 0.325 e. The van der Waals surface area contributed by atoms with Gasteiger partial charge in [0, 0.05) is 12.8 Å². The van der Waals surface area contributed by atoms with Crippen molar-refractivity contribution in [2.75, 3.05) is 24.4 Å². The van der Waals surface area contributed by atoms with Crippen LogP contribution < -0.4 is 10.6 Å². The lowest BCUT2D eigenvalue weighted by Gasteiger charge is -2.04. The topological polar surface area (TPSA) is 80.3 Å². The van der Waals surface area contributed by atoms with Crippen LogP contribution in [0.2, 0.25) is 0 Å². The average molecular weight is 323 g/mol. The molecular formula is C14H14FN3O3S. The minimum Gasteiger partial charge on any atom is -0.376 e. The highest BCUT2D eigenvalue weighted by atomic mass is 32.1. The molecule has 8 heteroatoms. The summed E-state index contributed by atoms with van der Waals surface area (Å²) in [5.74, 6) is -0.577. The Morgan fingerprint density at radius 3 is 2.59 bits per heavy atom. The van der Waals surface area contributed by atoms with Gasteiger partial charge in [0.15, 0.2) is 10.9 Å². The minimum absolute atomic E-state index is 0.0375. The number of aromatic nitrogens is 1. The van der Waals surface area contributed by atoms with Gasteiger partial charge in [-0.15, -0.1) is 0 Å². The number of rotatable bonds is 5. The number of thiazole rings is 1. The first-order valence-corrected chi connectivity index (χ1v) is 7.14. The van der Waals surface area contributed by atoms with Crippen LogP contribution in [0.5, 0.6) is 0 Å².